The standard InChI is InChI=1S/C9H9BrO3S/c10-6-3-7(9(11)12)14-8(6)5-1-2-13-4-5/h3,5H,1-2,4H2,(H,11,12). The molecule has 0 radical (unpaired) electrons. The van der Waals surface area contributed by atoms with E-state index in [4.69, 9.17) is 9.84 Å². The largest absolute Gasteiger partial charge is 0.477 e. The monoisotopic (exact) mass is 276 g/mol. The van der Waals surface area contributed by atoms with Gasteiger partial charge in [0.15, 0.2) is 0 Å². The van der Waals surface area contributed by atoms with Crippen molar-refractivity contribution >= 4 is 33.2 Å². The molecule has 1 aliphatic rings. The second kappa shape index (κ2) is 4.00. The van der Waals surface area contributed by atoms with Gasteiger partial charge in [-0.1, -0.05) is 0 Å². The molecule has 1 aliphatic heterocycles. The van der Waals surface area contributed by atoms with Crippen LogP contribution >= 0.6 is 27.3 Å². The lowest BCUT2D eigenvalue weighted by Crippen LogP contribution is -1.94. The topological polar surface area (TPSA) is 46.5 Å². The molecule has 0 aliphatic carbocycles. The minimum absolute atomic E-state index is 0.363. The minimum atomic E-state index is -0.860. The highest BCUT2D eigenvalue weighted by molar-refractivity contribution is 9.10. The zero-order chi connectivity index (χ0) is 10.1. The van der Waals surface area contributed by atoms with Crippen LogP contribution in [0, 0.1) is 0 Å². The normalized spacial score (nSPS) is 21.4. The van der Waals surface area contributed by atoms with Crippen LogP contribution in [0.4, 0.5) is 0 Å². The summed E-state index contributed by atoms with van der Waals surface area (Å²) in [7, 11) is 0. The number of hydrogen-bond donors (Lipinski definition) is 1. The highest BCUT2D eigenvalue weighted by atomic mass is 79.9. The number of rotatable bonds is 2. The van der Waals surface area contributed by atoms with E-state index in [0.29, 0.717) is 17.4 Å². The fraction of sp³-hybridized carbons (Fsp3) is 0.444. The van der Waals surface area contributed by atoms with E-state index >= 15 is 0 Å². The Morgan fingerprint density at radius 1 is 1.71 bits per heavy atom. The highest BCUT2D eigenvalue weighted by Crippen LogP contribution is 2.37. The maximum atomic E-state index is 10.7. The van der Waals surface area contributed by atoms with Crippen LogP contribution in [0.1, 0.15) is 26.9 Å². The fourth-order valence-electron chi connectivity index (χ4n) is 1.51. The summed E-state index contributed by atoms with van der Waals surface area (Å²) in [6.45, 7) is 1.48. The molecule has 1 unspecified atom stereocenters. The maximum absolute atomic E-state index is 10.7. The second-order valence-electron chi connectivity index (χ2n) is 3.19. The number of aromatic carboxylic acids is 1. The summed E-state index contributed by atoms with van der Waals surface area (Å²) in [4.78, 5) is 12.2. The van der Waals surface area contributed by atoms with E-state index in [1.807, 2.05) is 0 Å². The van der Waals surface area contributed by atoms with Gasteiger partial charge in [-0.15, -0.1) is 11.3 Å². The van der Waals surface area contributed by atoms with Gasteiger partial charge in [0.2, 0.25) is 0 Å². The average molecular weight is 277 g/mol. The third kappa shape index (κ3) is 1.85. The van der Waals surface area contributed by atoms with Gasteiger partial charge in [-0.3, -0.25) is 0 Å². The van der Waals surface area contributed by atoms with Crippen LogP contribution in [0.5, 0.6) is 0 Å². The molecule has 1 atom stereocenters. The predicted molar refractivity (Wildman–Crippen MR) is 57.2 cm³/mol. The minimum Gasteiger partial charge on any atom is -0.477 e. The van der Waals surface area contributed by atoms with Crippen LogP contribution in [0.15, 0.2) is 10.5 Å². The number of carboxylic acid groups (broad SMARTS) is 1. The summed E-state index contributed by atoms with van der Waals surface area (Å²) >= 11 is 4.73. The number of carboxylic acids is 1. The van der Waals surface area contributed by atoms with Gasteiger partial charge in [-0.05, 0) is 28.4 Å². The highest BCUT2D eigenvalue weighted by Gasteiger charge is 2.23. The number of halogens is 1. The lowest BCUT2D eigenvalue weighted by molar-refractivity contribution is 0.0702. The van der Waals surface area contributed by atoms with Crippen LogP contribution in [0.25, 0.3) is 0 Å². The number of hydrogen-bond acceptors (Lipinski definition) is 3. The van der Waals surface area contributed by atoms with E-state index in [1.54, 1.807) is 6.07 Å². The first-order chi connectivity index (χ1) is 6.68. The van der Waals surface area contributed by atoms with Crippen molar-refractivity contribution in [2.24, 2.45) is 0 Å². The molecule has 0 bridgehead atoms. The van der Waals surface area contributed by atoms with E-state index in [9.17, 15) is 4.79 Å². The second-order valence-corrected chi connectivity index (χ2v) is 5.13. The van der Waals surface area contributed by atoms with Gasteiger partial charge in [-0.2, -0.15) is 0 Å². The van der Waals surface area contributed by atoms with Crippen LogP contribution in [0.3, 0.4) is 0 Å². The van der Waals surface area contributed by atoms with Gasteiger partial charge >= 0.3 is 5.97 Å². The molecule has 1 aromatic heterocycles. The van der Waals surface area contributed by atoms with E-state index in [0.717, 1.165) is 22.4 Å². The van der Waals surface area contributed by atoms with Crippen molar-refractivity contribution in [1.29, 1.82) is 0 Å². The zero-order valence-corrected chi connectivity index (χ0v) is 9.73. The van der Waals surface area contributed by atoms with Crippen molar-refractivity contribution in [1.82, 2.24) is 0 Å². The lowest BCUT2D eigenvalue weighted by atomic mass is 10.1. The van der Waals surface area contributed by atoms with Gasteiger partial charge in [0.1, 0.15) is 4.88 Å². The summed E-state index contributed by atoms with van der Waals surface area (Å²) in [5, 5.41) is 8.82. The van der Waals surface area contributed by atoms with E-state index in [1.165, 1.54) is 11.3 Å². The smallest absolute Gasteiger partial charge is 0.345 e. The predicted octanol–water partition coefficient (Wildman–Crippen LogP) is 2.71. The van der Waals surface area contributed by atoms with E-state index in [-0.39, 0.29) is 0 Å². The Bertz CT molecular complexity index is 355. The van der Waals surface area contributed by atoms with Crippen LogP contribution in [-0.4, -0.2) is 24.3 Å². The van der Waals surface area contributed by atoms with Crippen molar-refractivity contribution in [3.63, 3.8) is 0 Å². The van der Waals surface area contributed by atoms with Crippen molar-refractivity contribution < 1.29 is 14.6 Å². The first kappa shape index (κ1) is 10.1. The summed E-state index contributed by atoms with van der Waals surface area (Å²) in [6.07, 6.45) is 0.984. The first-order valence-electron chi connectivity index (χ1n) is 4.28. The van der Waals surface area contributed by atoms with Gasteiger partial charge in [0, 0.05) is 21.9 Å². The third-order valence-corrected chi connectivity index (χ3v) is 4.43. The Labute approximate surface area is 93.8 Å². The molecular weight excluding hydrogens is 268 g/mol. The quantitative estimate of drug-likeness (QED) is 0.904. The number of carbonyl (C=O) groups is 1. The molecule has 1 N–H and O–H groups in total. The van der Waals surface area contributed by atoms with Crippen molar-refractivity contribution in [3.05, 3.63) is 20.3 Å². The molecule has 2 rings (SSSR count). The van der Waals surface area contributed by atoms with Gasteiger partial charge < -0.3 is 9.84 Å². The fourth-order valence-corrected chi connectivity index (χ4v) is 3.46. The van der Waals surface area contributed by atoms with Crippen LogP contribution < -0.4 is 0 Å². The van der Waals surface area contributed by atoms with Gasteiger partial charge in [0.25, 0.3) is 0 Å². The summed E-state index contributed by atoms with van der Waals surface area (Å²) < 4.78 is 6.17. The molecule has 0 aromatic carbocycles. The molecule has 0 spiro atoms. The number of ether oxygens (including phenoxy) is 1. The Balaban J connectivity index is 2.28. The molecule has 76 valence electrons. The zero-order valence-electron chi connectivity index (χ0n) is 7.33. The van der Waals surface area contributed by atoms with Crippen LogP contribution in [0.2, 0.25) is 0 Å². The van der Waals surface area contributed by atoms with Crippen LogP contribution in [-0.2, 0) is 4.74 Å². The van der Waals surface area contributed by atoms with Crippen molar-refractivity contribution in [3.8, 4) is 0 Å². The molecule has 5 heteroatoms. The maximum Gasteiger partial charge on any atom is 0.345 e. The Morgan fingerprint density at radius 2 is 2.50 bits per heavy atom. The molecule has 0 amide bonds. The molecule has 2 heterocycles. The van der Waals surface area contributed by atoms with Crippen molar-refractivity contribution in [2.75, 3.05) is 13.2 Å². The first-order valence-corrected chi connectivity index (χ1v) is 5.89. The molecule has 14 heavy (non-hydrogen) atoms. The van der Waals surface area contributed by atoms with Gasteiger partial charge in [0.05, 0.1) is 6.61 Å². The summed E-state index contributed by atoms with van der Waals surface area (Å²) in [5.74, 6) is -0.497. The Morgan fingerprint density at radius 3 is 3.00 bits per heavy atom. The molecule has 1 fully saturated rings. The average Bonchev–Trinajstić information content (AvgIpc) is 2.71. The van der Waals surface area contributed by atoms with Gasteiger partial charge in [-0.25, -0.2) is 4.79 Å². The Kier molecular flexibility index (Phi) is 2.90. The molecule has 0 saturated carbocycles. The summed E-state index contributed by atoms with van der Waals surface area (Å²) in [6, 6.07) is 1.67. The summed E-state index contributed by atoms with van der Waals surface area (Å²) in [5.41, 5.74) is 0. The third-order valence-electron chi connectivity index (χ3n) is 2.22. The molecule has 1 aromatic rings. The lowest BCUT2D eigenvalue weighted by Gasteiger charge is -2.03. The van der Waals surface area contributed by atoms with E-state index < -0.39 is 5.97 Å². The Hall–Kier alpha value is -0.390. The van der Waals surface area contributed by atoms with E-state index in [2.05, 4.69) is 15.9 Å². The van der Waals surface area contributed by atoms with Crippen molar-refractivity contribution in [2.45, 2.75) is 12.3 Å². The number of thiophene rings is 1. The molecule has 3 nitrogen and oxygen atoms in total. The molecular formula is C9H9BrO3S. The SMILES string of the molecule is O=C(O)c1cc(Br)c(C2CCOC2)s1. The molecule has 1 saturated heterocycles.